The zero-order chi connectivity index (χ0) is 20.9. The Labute approximate surface area is 175 Å². The lowest BCUT2D eigenvalue weighted by Gasteiger charge is -2.19. The number of carbonyl (C=O) groups excluding carboxylic acids is 2. The summed E-state index contributed by atoms with van der Waals surface area (Å²) in [5, 5.41) is 3.55. The number of hydrogen-bond donors (Lipinski definition) is 1. The van der Waals surface area contributed by atoms with Crippen LogP contribution in [0.3, 0.4) is 0 Å². The number of aromatic nitrogens is 1. The molecule has 1 aliphatic carbocycles. The molecule has 1 heterocycles. The van der Waals surface area contributed by atoms with Crippen molar-refractivity contribution in [2.24, 2.45) is 0 Å². The molecule has 1 N–H and O–H groups in total. The van der Waals surface area contributed by atoms with E-state index in [9.17, 15) is 9.59 Å². The minimum atomic E-state index is -0.466. The third-order valence-corrected chi connectivity index (χ3v) is 5.36. The molecule has 30 heavy (non-hydrogen) atoms. The van der Waals surface area contributed by atoms with Crippen LogP contribution in [0.1, 0.15) is 40.0 Å². The molecule has 6 nitrogen and oxygen atoms in total. The number of esters is 1. The Kier molecular flexibility index (Phi) is 5.93. The van der Waals surface area contributed by atoms with E-state index >= 15 is 0 Å². The van der Waals surface area contributed by atoms with Gasteiger partial charge in [-0.05, 0) is 55.0 Å². The fourth-order valence-corrected chi connectivity index (χ4v) is 3.80. The predicted molar refractivity (Wildman–Crippen MR) is 114 cm³/mol. The summed E-state index contributed by atoms with van der Waals surface area (Å²) in [6.45, 7) is 0.0361. The van der Waals surface area contributed by atoms with Gasteiger partial charge in [0.1, 0.15) is 5.75 Å². The molecule has 0 unspecified atom stereocenters. The van der Waals surface area contributed by atoms with E-state index in [1.807, 2.05) is 48.5 Å². The van der Waals surface area contributed by atoms with Crippen LogP contribution in [-0.2, 0) is 28.9 Å². The van der Waals surface area contributed by atoms with Gasteiger partial charge in [0.15, 0.2) is 6.61 Å². The van der Waals surface area contributed by atoms with Gasteiger partial charge in [-0.25, -0.2) is 4.79 Å². The predicted octanol–water partition coefficient (Wildman–Crippen LogP) is 3.60. The number of amides is 1. The van der Waals surface area contributed by atoms with E-state index in [1.54, 1.807) is 7.11 Å². The van der Waals surface area contributed by atoms with Crippen LogP contribution >= 0.6 is 0 Å². The smallest absolute Gasteiger partial charge is 0.339 e. The van der Waals surface area contributed by atoms with Crippen molar-refractivity contribution >= 4 is 22.8 Å². The first kappa shape index (κ1) is 19.9. The molecule has 154 valence electrons. The first-order valence-electron chi connectivity index (χ1n) is 10.1. The molecule has 0 fully saturated rings. The number of methoxy groups -OCH3 is 1. The summed E-state index contributed by atoms with van der Waals surface area (Å²) < 4.78 is 10.5. The second kappa shape index (κ2) is 8.95. The monoisotopic (exact) mass is 404 g/mol. The first-order chi connectivity index (χ1) is 14.7. The number of carbonyl (C=O) groups is 2. The fraction of sp³-hybridized carbons (Fsp3) is 0.292. The number of benzene rings is 2. The second-order valence-electron chi connectivity index (χ2n) is 7.34. The maximum Gasteiger partial charge on any atom is 0.339 e. The number of nitrogens with one attached hydrogen (secondary N) is 1. The number of aryl methyl sites for hydroxylation is 1. The summed E-state index contributed by atoms with van der Waals surface area (Å²) in [5.74, 6) is -0.0512. The van der Waals surface area contributed by atoms with Crippen LogP contribution in [0.4, 0.5) is 0 Å². The lowest BCUT2D eigenvalue weighted by Crippen LogP contribution is -2.28. The van der Waals surface area contributed by atoms with E-state index in [4.69, 9.17) is 14.5 Å². The number of nitrogens with zero attached hydrogens (tertiary/aromatic N) is 1. The number of hydrogen-bond acceptors (Lipinski definition) is 5. The van der Waals surface area contributed by atoms with Crippen molar-refractivity contribution in [1.82, 2.24) is 10.3 Å². The second-order valence-corrected chi connectivity index (χ2v) is 7.34. The lowest BCUT2D eigenvalue weighted by molar-refractivity contribution is -0.124. The number of rotatable bonds is 6. The molecule has 0 saturated heterocycles. The molecule has 6 heteroatoms. The van der Waals surface area contributed by atoms with E-state index < -0.39 is 5.97 Å². The summed E-state index contributed by atoms with van der Waals surface area (Å²) in [6, 6.07) is 15.0. The van der Waals surface area contributed by atoms with Gasteiger partial charge >= 0.3 is 5.97 Å². The van der Waals surface area contributed by atoms with Gasteiger partial charge in [0.2, 0.25) is 0 Å². The summed E-state index contributed by atoms with van der Waals surface area (Å²) in [6.07, 6.45) is 3.76. The third-order valence-electron chi connectivity index (χ3n) is 5.36. The highest BCUT2D eigenvalue weighted by atomic mass is 16.5. The average molecular weight is 404 g/mol. The normalized spacial score (nSPS) is 12.8. The van der Waals surface area contributed by atoms with Gasteiger partial charge in [0.05, 0.1) is 18.2 Å². The molecule has 0 bridgehead atoms. The van der Waals surface area contributed by atoms with E-state index in [0.717, 1.165) is 59.2 Å². The van der Waals surface area contributed by atoms with Crippen LogP contribution in [0.2, 0.25) is 0 Å². The first-order valence-corrected chi connectivity index (χ1v) is 10.1. The number of fused-ring (bicyclic) bond motifs is 2. The zero-order valence-electron chi connectivity index (χ0n) is 16.9. The maximum absolute atomic E-state index is 12.9. The van der Waals surface area contributed by atoms with Crippen molar-refractivity contribution in [3.05, 3.63) is 70.9 Å². The molecular weight excluding hydrogens is 380 g/mol. The molecule has 0 radical (unpaired) electrons. The molecule has 0 saturated carbocycles. The molecule has 1 aliphatic rings. The van der Waals surface area contributed by atoms with Gasteiger partial charge in [0, 0.05) is 17.6 Å². The Balaban J connectivity index is 1.43. The van der Waals surface area contributed by atoms with Gasteiger partial charge in [0.25, 0.3) is 5.91 Å². The molecule has 1 amide bonds. The van der Waals surface area contributed by atoms with Crippen molar-refractivity contribution in [2.75, 3.05) is 13.7 Å². The molecule has 0 spiro atoms. The molecule has 2 aromatic carbocycles. The highest BCUT2D eigenvalue weighted by Crippen LogP contribution is 2.29. The SMILES string of the molecule is COc1ccc(CNC(=O)COC(=O)c2c3c(nc4ccccc24)CCCC3)cc1. The van der Waals surface area contributed by atoms with Gasteiger partial charge in [-0.3, -0.25) is 9.78 Å². The standard InChI is InChI=1S/C24H24N2O4/c1-29-17-12-10-16(11-13-17)14-25-22(27)15-30-24(28)23-18-6-2-4-8-20(18)26-21-9-5-3-7-19(21)23/h2,4,6,8,10-13H,3,5,7,9,14-15H2,1H3,(H,25,27). The molecule has 0 aliphatic heterocycles. The topological polar surface area (TPSA) is 77.5 Å². The minimum Gasteiger partial charge on any atom is -0.497 e. The van der Waals surface area contributed by atoms with E-state index in [2.05, 4.69) is 5.32 Å². The Morgan fingerprint density at radius 2 is 1.80 bits per heavy atom. The Morgan fingerprint density at radius 1 is 1.03 bits per heavy atom. The van der Waals surface area contributed by atoms with Crippen LogP contribution < -0.4 is 10.1 Å². The highest BCUT2D eigenvalue weighted by molar-refractivity contribution is 6.05. The molecule has 3 aromatic rings. The summed E-state index contributed by atoms with van der Waals surface area (Å²) in [7, 11) is 1.61. The van der Waals surface area contributed by atoms with Gasteiger partial charge < -0.3 is 14.8 Å². The number of ether oxygens (including phenoxy) is 2. The lowest BCUT2D eigenvalue weighted by atomic mass is 9.90. The van der Waals surface area contributed by atoms with E-state index in [1.165, 1.54) is 0 Å². The van der Waals surface area contributed by atoms with Crippen LogP contribution in [0, 0.1) is 0 Å². The Bertz CT molecular complexity index is 1080. The zero-order valence-corrected chi connectivity index (χ0v) is 16.9. The van der Waals surface area contributed by atoms with Crippen molar-refractivity contribution in [1.29, 1.82) is 0 Å². The van der Waals surface area contributed by atoms with Crippen LogP contribution in [0.25, 0.3) is 10.9 Å². The fourth-order valence-electron chi connectivity index (χ4n) is 3.80. The average Bonchev–Trinajstić information content (AvgIpc) is 2.79. The molecule has 4 rings (SSSR count). The molecular formula is C24H24N2O4. The number of pyridine rings is 1. The van der Waals surface area contributed by atoms with E-state index in [-0.39, 0.29) is 12.5 Å². The van der Waals surface area contributed by atoms with Gasteiger partial charge in [-0.2, -0.15) is 0 Å². The summed E-state index contributed by atoms with van der Waals surface area (Å²) >= 11 is 0. The molecule has 1 aromatic heterocycles. The van der Waals surface area contributed by atoms with Gasteiger partial charge in [-0.15, -0.1) is 0 Å². The van der Waals surface area contributed by atoms with E-state index in [0.29, 0.717) is 12.1 Å². The van der Waals surface area contributed by atoms with Crippen molar-refractivity contribution < 1.29 is 19.1 Å². The van der Waals surface area contributed by atoms with Crippen LogP contribution in [0.15, 0.2) is 48.5 Å². The highest BCUT2D eigenvalue weighted by Gasteiger charge is 2.24. The van der Waals surface area contributed by atoms with Gasteiger partial charge in [-0.1, -0.05) is 30.3 Å². The van der Waals surface area contributed by atoms with Crippen molar-refractivity contribution in [3.8, 4) is 5.75 Å². The third kappa shape index (κ3) is 4.27. The quantitative estimate of drug-likeness (QED) is 0.635. The van der Waals surface area contributed by atoms with Crippen LogP contribution in [-0.4, -0.2) is 30.6 Å². The largest absolute Gasteiger partial charge is 0.497 e. The Hall–Kier alpha value is -3.41. The van der Waals surface area contributed by atoms with Crippen molar-refractivity contribution in [3.63, 3.8) is 0 Å². The summed E-state index contributed by atoms with van der Waals surface area (Å²) in [5.41, 5.74) is 4.21. The number of para-hydroxylation sites is 1. The minimum absolute atomic E-state index is 0.319. The summed E-state index contributed by atoms with van der Waals surface area (Å²) in [4.78, 5) is 29.9. The van der Waals surface area contributed by atoms with Crippen molar-refractivity contribution in [2.45, 2.75) is 32.2 Å². The molecule has 0 atom stereocenters. The maximum atomic E-state index is 12.9. The van der Waals surface area contributed by atoms with Crippen LogP contribution in [0.5, 0.6) is 5.75 Å². The Morgan fingerprint density at radius 3 is 2.60 bits per heavy atom.